The molecule has 3 aromatic rings. The molecule has 0 aliphatic heterocycles. The van der Waals surface area contributed by atoms with E-state index in [9.17, 15) is 8.42 Å². The van der Waals surface area contributed by atoms with Gasteiger partial charge in [-0.25, -0.2) is 18.1 Å². The van der Waals surface area contributed by atoms with Crippen molar-refractivity contribution in [2.75, 3.05) is 6.54 Å². The summed E-state index contributed by atoms with van der Waals surface area (Å²) in [6.45, 7) is 3.09. The van der Waals surface area contributed by atoms with Crippen LogP contribution in [0.25, 0.3) is 17.1 Å². The quantitative estimate of drug-likeness (QED) is 0.661. The summed E-state index contributed by atoms with van der Waals surface area (Å²) in [4.78, 5) is 4.35. The number of nitrogens with zero attached hydrogens (tertiary/aromatic N) is 2. The number of aryl methyl sites for hydroxylation is 2. The van der Waals surface area contributed by atoms with Crippen LogP contribution in [0, 0.1) is 6.92 Å². The minimum absolute atomic E-state index is 0.382. The number of pyridine rings is 1. The lowest BCUT2D eigenvalue weighted by atomic mass is 10.2. The normalized spacial score (nSPS) is 12.2. The number of aromatic nitrogens is 2. The van der Waals surface area contributed by atoms with E-state index in [1.54, 1.807) is 12.3 Å². The Balaban J connectivity index is 1.51. The molecule has 1 N–H and O–H groups in total. The standard InChI is InChI=1S/C19H21N3O2S/c1-16-5-7-17(8-6-16)10-15-25(23,24)21-12-3-13-22-14-9-18-4-2-11-20-19(18)22/h2,4-11,14-15,21H,3,12-13H2,1H3/b15-10+. The van der Waals surface area contributed by atoms with Crippen LogP contribution in [-0.4, -0.2) is 24.5 Å². The first-order chi connectivity index (χ1) is 12.0. The van der Waals surface area contributed by atoms with E-state index >= 15 is 0 Å². The van der Waals surface area contributed by atoms with Gasteiger partial charge in [-0.15, -0.1) is 0 Å². The molecule has 130 valence electrons. The van der Waals surface area contributed by atoms with Crippen molar-refractivity contribution in [3.8, 4) is 0 Å². The Bertz CT molecular complexity index is 973. The van der Waals surface area contributed by atoms with Crippen LogP contribution in [0.1, 0.15) is 17.5 Å². The monoisotopic (exact) mass is 355 g/mol. The summed E-state index contributed by atoms with van der Waals surface area (Å²) in [6.07, 6.45) is 6.03. The molecule has 0 aliphatic carbocycles. The summed E-state index contributed by atoms with van der Waals surface area (Å²) in [6, 6.07) is 13.6. The highest BCUT2D eigenvalue weighted by atomic mass is 32.2. The number of nitrogens with one attached hydrogen (secondary N) is 1. The van der Waals surface area contributed by atoms with E-state index < -0.39 is 10.0 Å². The van der Waals surface area contributed by atoms with Gasteiger partial charge in [-0.3, -0.25) is 0 Å². The van der Waals surface area contributed by atoms with Gasteiger partial charge in [-0.1, -0.05) is 29.8 Å². The van der Waals surface area contributed by atoms with Crippen LogP contribution in [0.5, 0.6) is 0 Å². The molecule has 3 rings (SSSR count). The first-order valence-corrected chi connectivity index (χ1v) is 9.72. The molecule has 0 fully saturated rings. The summed E-state index contributed by atoms with van der Waals surface area (Å²) in [5.41, 5.74) is 2.93. The van der Waals surface area contributed by atoms with Crippen LogP contribution < -0.4 is 4.72 Å². The van der Waals surface area contributed by atoms with Crippen molar-refractivity contribution in [2.45, 2.75) is 19.9 Å². The molecule has 0 atom stereocenters. The van der Waals surface area contributed by atoms with Gasteiger partial charge < -0.3 is 4.57 Å². The van der Waals surface area contributed by atoms with Gasteiger partial charge in [0, 0.05) is 36.3 Å². The molecule has 0 radical (unpaired) electrons. The number of benzene rings is 1. The van der Waals surface area contributed by atoms with Gasteiger partial charge in [-0.05, 0) is 43.2 Å². The van der Waals surface area contributed by atoms with Gasteiger partial charge in [0.1, 0.15) is 5.65 Å². The number of hydrogen-bond donors (Lipinski definition) is 1. The zero-order valence-corrected chi connectivity index (χ0v) is 14.9. The predicted molar refractivity (Wildman–Crippen MR) is 101 cm³/mol. The van der Waals surface area contributed by atoms with E-state index in [4.69, 9.17) is 0 Å². The third-order valence-corrected chi connectivity index (χ3v) is 5.02. The summed E-state index contributed by atoms with van der Waals surface area (Å²) in [5.74, 6) is 0. The van der Waals surface area contributed by atoms with Crippen molar-refractivity contribution in [1.82, 2.24) is 14.3 Å². The van der Waals surface area contributed by atoms with Gasteiger partial charge in [0.2, 0.25) is 10.0 Å². The Hall–Kier alpha value is -2.44. The molecular formula is C19H21N3O2S. The zero-order chi connectivity index (χ0) is 17.7. The van der Waals surface area contributed by atoms with Crippen LogP contribution in [0.3, 0.4) is 0 Å². The van der Waals surface area contributed by atoms with E-state index in [1.165, 1.54) is 5.41 Å². The molecule has 0 bridgehead atoms. The molecule has 25 heavy (non-hydrogen) atoms. The van der Waals surface area contributed by atoms with Gasteiger partial charge in [-0.2, -0.15) is 0 Å². The first-order valence-electron chi connectivity index (χ1n) is 8.18. The fourth-order valence-corrected chi connectivity index (χ4v) is 3.42. The molecule has 0 spiro atoms. The second-order valence-corrected chi connectivity index (χ2v) is 7.58. The van der Waals surface area contributed by atoms with Crippen LogP contribution >= 0.6 is 0 Å². The van der Waals surface area contributed by atoms with Crippen LogP contribution in [0.15, 0.2) is 60.3 Å². The zero-order valence-electron chi connectivity index (χ0n) is 14.1. The molecule has 0 saturated heterocycles. The Morgan fingerprint density at radius 2 is 1.96 bits per heavy atom. The number of fused-ring (bicyclic) bond motifs is 1. The highest BCUT2D eigenvalue weighted by molar-refractivity contribution is 7.92. The molecule has 2 heterocycles. The minimum Gasteiger partial charge on any atom is -0.332 e. The summed E-state index contributed by atoms with van der Waals surface area (Å²) in [5, 5.41) is 2.30. The van der Waals surface area contributed by atoms with Crippen molar-refractivity contribution in [3.63, 3.8) is 0 Å². The van der Waals surface area contributed by atoms with Gasteiger partial charge in [0.05, 0.1) is 0 Å². The van der Waals surface area contributed by atoms with Crippen LogP contribution in [0.4, 0.5) is 0 Å². The fourth-order valence-electron chi connectivity index (χ4n) is 2.56. The van der Waals surface area contributed by atoms with Gasteiger partial charge in [0.15, 0.2) is 0 Å². The van der Waals surface area contributed by atoms with Crippen molar-refractivity contribution in [1.29, 1.82) is 0 Å². The average Bonchev–Trinajstić information content (AvgIpc) is 3.02. The first kappa shape index (κ1) is 17.4. The van der Waals surface area contributed by atoms with Gasteiger partial charge in [0.25, 0.3) is 0 Å². The average molecular weight is 355 g/mol. The molecule has 5 nitrogen and oxygen atoms in total. The van der Waals surface area contributed by atoms with Crippen molar-refractivity contribution in [3.05, 3.63) is 71.4 Å². The molecule has 6 heteroatoms. The second-order valence-electron chi connectivity index (χ2n) is 5.93. The number of sulfonamides is 1. The summed E-state index contributed by atoms with van der Waals surface area (Å²) < 4.78 is 28.7. The summed E-state index contributed by atoms with van der Waals surface area (Å²) in [7, 11) is -3.43. The highest BCUT2D eigenvalue weighted by Gasteiger charge is 2.05. The highest BCUT2D eigenvalue weighted by Crippen LogP contribution is 2.12. The lowest BCUT2D eigenvalue weighted by Crippen LogP contribution is -2.23. The largest absolute Gasteiger partial charge is 0.332 e. The van der Waals surface area contributed by atoms with E-state index in [0.717, 1.165) is 22.2 Å². The Kier molecular flexibility index (Phi) is 5.31. The maximum Gasteiger partial charge on any atom is 0.233 e. The lowest BCUT2D eigenvalue weighted by Gasteiger charge is -2.05. The third-order valence-electron chi connectivity index (χ3n) is 3.92. The maximum atomic E-state index is 12.0. The topological polar surface area (TPSA) is 64.0 Å². The molecule has 2 aromatic heterocycles. The molecule has 0 saturated carbocycles. The molecule has 0 aliphatic rings. The predicted octanol–water partition coefficient (Wildman–Crippen LogP) is 3.33. The minimum atomic E-state index is -3.43. The Morgan fingerprint density at radius 1 is 1.16 bits per heavy atom. The van der Waals surface area contributed by atoms with Crippen molar-refractivity contribution < 1.29 is 8.42 Å². The van der Waals surface area contributed by atoms with Crippen LogP contribution in [0.2, 0.25) is 0 Å². The number of rotatable bonds is 7. The van der Waals surface area contributed by atoms with Crippen LogP contribution in [-0.2, 0) is 16.6 Å². The smallest absolute Gasteiger partial charge is 0.233 e. The fraction of sp³-hybridized carbons (Fsp3) is 0.211. The SMILES string of the molecule is Cc1ccc(/C=C/S(=O)(=O)NCCCn2ccc3cccnc32)cc1. The molecule has 1 aromatic carbocycles. The summed E-state index contributed by atoms with van der Waals surface area (Å²) >= 11 is 0. The third kappa shape index (κ3) is 4.78. The van der Waals surface area contributed by atoms with E-state index in [2.05, 4.69) is 9.71 Å². The Morgan fingerprint density at radius 3 is 2.76 bits per heavy atom. The van der Waals surface area contributed by atoms with E-state index in [1.807, 2.05) is 60.2 Å². The van der Waals surface area contributed by atoms with Crippen molar-refractivity contribution >= 4 is 27.1 Å². The van der Waals surface area contributed by atoms with Gasteiger partial charge >= 0.3 is 0 Å². The second kappa shape index (κ2) is 7.63. The molecule has 0 unspecified atom stereocenters. The Labute approximate surface area is 148 Å². The number of hydrogen-bond acceptors (Lipinski definition) is 3. The van der Waals surface area contributed by atoms with E-state index in [-0.39, 0.29) is 0 Å². The maximum absolute atomic E-state index is 12.0. The van der Waals surface area contributed by atoms with E-state index in [0.29, 0.717) is 19.5 Å². The molecular weight excluding hydrogens is 334 g/mol. The molecule has 0 amide bonds. The lowest BCUT2D eigenvalue weighted by molar-refractivity contribution is 0.580. The van der Waals surface area contributed by atoms with Crippen molar-refractivity contribution in [2.24, 2.45) is 0 Å².